The second-order valence-electron chi connectivity index (χ2n) is 5.12. The first kappa shape index (κ1) is 14.3. The zero-order chi connectivity index (χ0) is 14.9. The van der Waals surface area contributed by atoms with Gasteiger partial charge in [-0.05, 0) is 25.5 Å². The van der Waals surface area contributed by atoms with Crippen LogP contribution in [0, 0.1) is 10.1 Å². The third kappa shape index (κ3) is 2.72. The molecular weight excluding hydrogens is 264 g/mol. The van der Waals surface area contributed by atoms with Gasteiger partial charge in [0.05, 0.1) is 23.2 Å². The number of esters is 1. The standard InChI is InChI=1S/C13H16N2O5/c1-13(17)5-6-14(8-13)11-7-9(12(16)20-2)3-4-10(11)15(18)19/h3-4,7,17H,5-6,8H2,1-2H3. The third-order valence-electron chi connectivity index (χ3n) is 3.39. The molecule has 1 fully saturated rings. The van der Waals surface area contributed by atoms with Gasteiger partial charge in [-0.15, -0.1) is 0 Å². The van der Waals surface area contributed by atoms with E-state index in [1.54, 1.807) is 11.8 Å². The molecule has 7 nitrogen and oxygen atoms in total. The molecule has 1 heterocycles. The first-order valence-electron chi connectivity index (χ1n) is 6.18. The van der Waals surface area contributed by atoms with Crippen LogP contribution < -0.4 is 4.90 Å². The van der Waals surface area contributed by atoms with Gasteiger partial charge in [-0.2, -0.15) is 0 Å². The van der Waals surface area contributed by atoms with E-state index in [1.165, 1.54) is 25.3 Å². The van der Waals surface area contributed by atoms with Crippen LogP contribution in [-0.2, 0) is 4.74 Å². The van der Waals surface area contributed by atoms with Crippen molar-refractivity contribution in [1.82, 2.24) is 0 Å². The minimum absolute atomic E-state index is 0.0876. The molecule has 0 spiro atoms. The predicted octanol–water partition coefficient (Wildman–Crippen LogP) is 1.34. The maximum absolute atomic E-state index is 11.5. The zero-order valence-corrected chi connectivity index (χ0v) is 11.3. The summed E-state index contributed by atoms with van der Waals surface area (Å²) in [5.41, 5.74) is -0.388. The van der Waals surface area contributed by atoms with Gasteiger partial charge in [0, 0.05) is 19.2 Å². The summed E-state index contributed by atoms with van der Waals surface area (Å²) in [6, 6.07) is 4.08. The second kappa shape index (κ2) is 5.09. The summed E-state index contributed by atoms with van der Waals surface area (Å²) >= 11 is 0. The van der Waals surface area contributed by atoms with E-state index in [0.717, 1.165) is 0 Å². The molecule has 1 aromatic rings. The van der Waals surface area contributed by atoms with Gasteiger partial charge in [0.1, 0.15) is 5.69 Å². The van der Waals surface area contributed by atoms with Gasteiger partial charge in [0.25, 0.3) is 5.69 Å². The number of nitrogens with zero attached hydrogens (tertiary/aromatic N) is 2. The number of ether oxygens (including phenoxy) is 1. The van der Waals surface area contributed by atoms with E-state index >= 15 is 0 Å². The van der Waals surface area contributed by atoms with Crippen molar-refractivity contribution in [2.24, 2.45) is 0 Å². The molecule has 1 saturated heterocycles. The lowest BCUT2D eigenvalue weighted by atomic mass is 10.1. The molecule has 1 N–H and O–H groups in total. The Kier molecular flexibility index (Phi) is 3.63. The van der Waals surface area contributed by atoms with Crippen molar-refractivity contribution in [2.75, 3.05) is 25.1 Å². The molecule has 0 saturated carbocycles. The van der Waals surface area contributed by atoms with E-state index in [-0.39, 0.29) is 11.3 Å². The van der Waals surface area contributed by atoms with Crippen LogP contribution in [0.5, 0.6) is 0 Å². The molecule has 1 unspecified atom stereocenters. The molecular formula is C13H16N2O5. The molecule has 0 radical (unpaired) electrons. The van der Waals surface area contributed by atoms with Crippen LogP contribution in [0.25, 0.3) is 0 Å². The highest BCUT2D eigenvalue weighted by atomic mass is 16.6. The summed E-state index contributed by atoms with van der Waals surface area (Å²) in [6.45, 7) is 2.47. The number of hydrogen-bond acceptors (Lipinski definition) is 6. The van der Waals surface area contributed by atoms with Crippen LogP contribution in [0.15, 0.2) is 18.2 Å². The Hall–Kier alpha value is -2.15. The van der Waals surface area contributed by atoms with Gasteiger partial charge < -0.3 is 14.7 Å². The number of benzene rings is 1. The van der Waals surface area contributed by atoms with Crippen LogP contribution in [-0.4, -0.2) is 41.8 Å². The van der Waals surface area contributed by atoms with Crippen LogP contribution in [0.3, 0.4) is 0 Å². The normalized spacial score (nSPS) is 21.9. The number of rotatable bonds is 3. The van der Waals surface area contributed by atoms with Crippen molar-refractivity contribution in [3.05, 3.63) is 33.9 Å². The summed E-state index contributed by atoms with van der Waals surface area (Å²) in [5.74, 6) is -0.549. The summed E-state index contributed by atoms with van der Waals surface area (Å²) < 4.78 is 4.62. The number of nitro benzene ring substituents is 1. The Bertz CT molecular complexity index is 556. The van der Waals surface area contributed by atoms with E-state index in [4.69, 9.17) is 0 Å². The molecule has 2 rings (SSSR count). The lowest BCUT2D eigenvalue weighted by Gasteiger charge is -2.21. The van der Waals surface area contributed by atoms with Gasteiger partial charge in [0.2, 0.25) is 0 Å². The molecule has 0 bridgehead atoms. The SMILES string of the molecule is COC(=O)c1ccc([N+](=O)[O-])c(N2CCC(C)(O)C2)c1. The first-order chi connectivity index (χ1) is 9.34. The van der Waals surface area contributed by atoms with Crippen molar-refractivity contribution in [1.29, 1.82) is 0 Å². The number of carbonyl (C=O) groups excluding carboxylic acids is 1. The number of aliphatic hydroxyl groups is 1. The van der Waals surface area contributed by atoms with Crippen molar-refractivity contribution in [3.63, 3.8) is 0 Å². The molecule has 20 heavy (non-hydrogen) atoms. The lowest BCUT2D eigenvalue weighted by molar-refractivity contribution is -0.384. The zero-order valence-electron chi connectivity index (χ0n) is 11.3. The number of β-amino-alcohol motifs (C(OH)–C–C–N with tert-alkyl or cyclic N) is 1. The van der Waals surface area contributed by atoms with Crippen LogP contribution in [0.2, 0.25) is 0 Å². The monoisotopic (exact) mass is 280 g/mol. The fourth-order valence-electron chi connectivity index (χ4n) is 2.33. The maximum Gasteiger partial charge on any atom is 0.337 e. The molecule has 7 heteroatoms. The van der Waals surface area contributed by atoms with E-state index in [2.05, 4.69) is 4.74 Å². The number of nitro groups is 1. The lowest BCUT2D eigenvalue weighted by Crippen LogP contribution is -2.30. The Morgan fingerprint density at radius 2 is 2.25 bits per heavy atom. The smallest absolute Gasteiger partial charge is 0.337 e. The average molecular weight is 280 g/mol. The van der Waals surface area contributed by atoms with Gasteiger partial charge in [-0.1, -0.05) is 0 Å². The summed E-state index contributed by atoms with van der Waals surface area (Å²) in [4.78, 5) is 23.8. The molecule has 0 amide bonds. The van der Waals surface area contributed by atoms with Crippen molar-refractivity contribution < 1.29 is 19.6 Å². The summed E-state index contributed by atoms with van der Waals surface area (Å²) in [5, 5.41) is 21.1. The minimum atomic E-state index is -0.880. The van der Waals surface area contributed by atoms with E-state index in [9.17, 15) is 20.0 Å². The number of anilines is 1. The molecule has 1 aromatic carbocycles. The van der Waals surface area contributed by atoms with Crippen molar-refractivity contribution >= 4 is 17.3 Å². The highest BCUT2D eigenvalue weighted by molar-refractivity contribution is 5.91. The second-order valence-corrected chi connectivity index (χ2v) is 5.12. The van der Waals surface area contributed by atoms with Gasteiger partial charge in [-0.25, -0.2) is 4.79 Å². The molecule has 0 aliphatic carbocycles. The summed E-state index contributed by atoms with van der Waals surface area (Å²) in [6.07, 6.45) is 0.520. The minimum Gasteiger partial charge on any atom is -0.465 e. The molecule has 0 aromatic heterocycles. The molecule has 1 aliphatic heterocycles. The highest BCUT2D eigenvalue weighted by Gasteiger charge is 2.34. The summed E-state index contributed by atoms with van der Waals surface area (Å²) in [7, 11) is 1.25. The topological polar surface area (TPSA) is 92.9 Å². The molecule has 1 atom stereocenters. The number of carbonyl (C=O) groups is 1. The fraction of sp³-hybridized carbons (Fsp3) is 0.462. The average Bonchev–Trinajstić information content (AvgIpc) is 2.77. The molecule has 108 valence electrons. The van der Waals surface area contributed by atoms with Crippen LogP contribution in [0.1, 0.15) is 23.7 Å². The van der Waals surface area contributed by atoms with E-state index < -0.39 is 16.5 Å². The Morgan fingerprint density at radius 3 is 2.75 bits per heavy atom. The van der Waals surface area contributed by atoms with Crippen LogP contribution >= 0.6 is 0 Å². The van der Waals surface area contributed by atoms with E-state index in [0.29, 0.717) is 25.2 Å². The quantitative estimate of drug-likeness (QED) is 0.510. The fourth-order valence-corrected chi connectivity index (χ4v) is 2.33. The first-order valence-corrected chi connectivity index (χ1v) is 6.18. The van der Waals surface area contributed by atoms with Crippen molar-refractivity contribution in [2.45, 2.75) is 18.9 Å². The third-order valence-corrected chi connectivity index (χ3v) is 3.39. The maximum atomic E-state index is 11.5. The Labute approximate surface area is 115 Å². The van der Waals surface area contributed by atoms with Crippen molar-refractivity contribution in [3.8, 4) is 0 Å². The van der Waals surface area contributed by atoms with Gasteiger partial charge >= 0.3 is 5.97 Å². The van der Waals surface area contributed by atoms with Crippen LogP contribution in [0.4, 0.5) is 11.4 Å². The van der Waals surface area contributed by atoms with E-state index in [1.807, 2.05) is 0 Å². The number of hydrogen-bond donors (Lipinski definition) is 1. The predicted molar refractivity (Wildman–Crippen MR) is 71.9 cm³/mol. The number of methoxy groups -OCH3 is 1. The Balaban J connectivity index is 2.43. The van der Waals surface area contributed by atoms with Gasteiger partial charge in [-0.3, -0.25) is 10.1 Å². The highest BCUT2D eigenvalue weighted by Crippen LogP contribution is 2.34. The molecule has 1 aliphatic rings. The van der Waals surface area contributed by atoms with Gasteiger partial charge in [0.15, 0.2) is 0 Å². The largest absolute Gasteiger partial charge is 0.465 e. The Morgan fingerprint density at radius 1 is 1.55 bits per heavy atom.